The number of aromatic nitrogens is 1. The number of rotatable bonds is 3. The van der Waals surface area contributed by atoms with Crippen molar-refractivity contribution in [2.24, 2.45) is 5.92 Å². The number of nitrogens with zero attached hydrogens (tertiary/aromatic N) is 2. The fourth-order valence-corrected chi connectivity index (χ4v) is 2.74. The van der Waals surface area contributed by atoms with Crippen LogP contribution in [0.1, 0.15) is 17.9 Å². The SMILES string of the molecule is O=[N+]([O-])c1ccc(Oc2cccc3c2C2CC2CO3)nc1. The maximum absolute atomic E-state index is 10.6. The Balaban J connectivity index is 1.64. The summed E-state index contributed by atoms with van der Waals surface area (Å²) in [6.45, 7) is 0.775. The minimum absolute atomic E-state index is 0.0527. The minimum atomic E-state index is -0.482. The average molecular weight is 284 g/mol. The van der Waals surface area contributed by atoms with Gasteiger partial charge >= 0.3 is 0 Å². The first-order chi connectivity index (χ1) is 10.2. The fourth-order valence-electron chi connectivity index (χ4n) is 2.74. The standard InChI is InChI=1S/C15H12N2O4/c18-17(19)10-4-5-14(16-7-10)21-13-3-1-2-12-15(13)11-6-9(11)8-20-12/h1-5,7,9,11H,6,8H2. The summed E-state index contributed by atoms with van der Waals surface area (Å²) >= 11 is 0. The van der Waals surface area contributed by atoms with Crippen LogP contribution in [0.4, 0.5) is 5.69 Å². The topological polar surface area (TPSA) is 74.5 Å². The maximum atomic E-state index is 10.6. The molecule has 0 radical (unpaired) electrons. The molecule has 2 aromatic rings. The second-order valence-corrected chi connectivity index (χ2v) is 5.30. The van der Waals surface area contributed by atoms with Gasteiger partial charge in [0, 0.05) is 23.6 Å². The van der Waals surface area contributed by atoms with E-state index in [9.17, 15) is 10.1 Å². The van der Waals surface area contributed by atoms with Gasteiger partial charge in [-0.3, -0.25) is 10.1 Å². The first-order valence-corrected chi connectivity index (χ1v) is 6.76. The zero-order valence-corrected chi connectivity index (χ0v) is 11.1. The van der Waals surface area contributed by atoms with Gasteiger partial charge in [-0.25, -0.2) is 4.98 Å². The van der Waals surface area contributed by atoms with E-state index in [1.807, 2.05) is 18.2 Å². The molecule has 0 bridgehead atoms. The van der Waals surface area contributed by atoms with Crippen LogP contribution in [0.3, 0.4) is 0 Å². The Morgan fingerprint density at radius 3 is 3.00 bits per heavy atom. The number of pyridine rings is 1. The molecular formula is C15H12N2O4. The third kappa shape index (κ3) is 2.08. The highest BCUT2D eigenvalue weighted by Crippen LogP contribution is 2.57. The van der Waals surface area contributed by atoms with Crippen molar-refractivity contribution in [2.75, 3.05) is 6.61 Å². The summed E-state index contributed by atoms with van der Waals surface area (Å²) in [5.41, 5.74) is 1.04. The number of hydrogen-bond acceptors (Lipinski definition) is 5. The normalized spacial score (nSPS) is 21.7. The predicted octanol–water partition coefficient (Wildman–Crippen LogP) is 3.28. The highest BCUT2D eigenvalue weighted by molar-refractivity contribution is 5.52. The lowest BCUT2D eigenvalue weighted by Crippen LogP contribution is -2.09. The van der Waals surface area contributed by atoms with Gasteiger partial charge in [0.05, 0.1) is 11.5 Å². The van der Waals surface area contributed by atoms with Crippen molar-refractivity contribution in [1.29, 1.82) is 0 Å². The molecule has 2 aliphatic rings. The molecule has 0 amide bonds. The molecule has 0 saturated heterocycles. The van der Waals surface area contributed by atoms with E-state index in [-0.39, 0.29) is 5.69 Å². The van der Waals surface area contributed by atoms with Crippen LogP contribution in [0.5, 0.6) is 17.4 Å². The second kappa shape index (κ2) is 4.44. The van der Waals surface area contributed by atoms with Crippen LogP contribution in [0, 0.1) is 16.0 Å². The Labute approximate surface area is 120 Å². The zero-order chi connectivity index (χ0) is 14.4. The monoisotopic (exact) mass is 284 g/mol. The molecule has 1 saturated carbocycles. The Hall–Kier alpha value is -2.63. The molecular weight excluding hydrogens is 272 g/mol. The highest BCUT2D eigenvalue weighted by atomic mass is 16.6. The summed E-state index contributed by atoms with van der Waals surface area (Å²) in [7, 11) is 0. The van der Waals surface area contributed by atoms with Crippen LogP contribution < -0.4 is 9.47 Å². The van der Waals surface area contributed by atoms with Gasteiger partial charge in [-0.2, -0.15) is 0 Å². The lowest BCUT2D eigenvalue weighted by molar-refractivity contribution is -0.385. The van der Waals surface area contributed by atoms with Gasteiger partial charge in [0.1, 0.15) is 17.7 Å². The molecule has 1 aliphatic heterocycles. The third-order valence-electron chi connectivity index (χ3n) is 3.92. The van der Waals surface area contributed by atoms with Gasteiger partial charge < -0.3 is 9.47 Å². The molecule has 1 aromatic carbocycles. The van der Waals surface area contributed by atoms with E-state index in [2.05, 4.69) is 4.98 Å². The minimum Gasteiger partial charge on any atom is -0.493 e. The van der Waals surface area contributed by atoms with E-state index in [1.165, 1.54) is 18.3 Å². The Morgan fingerprint density at radius 1 is 1.33 bits per heavy atom. The molecule has 0 N–H and O–H groups in total. The van der Waals surface area contributed by atoms with Gasteiger partial charge in [0.25, 0.3) is 5.69 Å². The number of hydrogen-bond donors (Lipinski definition) is 0. The number of fused-ring (bicyclic) bond motifs is 3. The zero-order valence-electron chi connectivity index (χ0n) is 11.1. The molecule has 4 rings (SSSR count). The van der Waals surface area contributed by atoms with E-state index < -0.39 is 4.92 Å². The summed E-state index contributed by atoms with van der Waals surface area (Å²) in [6, 6.07) is 8.59. The number of ether oxygens (including phenoxy) is 2. The summed E-state index contributed by atoms with van der Waals surface area (Å²) in [5, 5.41) is 10.6. The van der Waals surface area contributed by atoms with Gasteiger partial charge in [0.2, 0.25) is 5.88 Å². The molecule has 2 heterocycles. The molecule has 1 aliphatic carbocycles. The molecule has 21 heavy (non-hydrogen) atoms. The van der Waals surface area contributed by atoms with Crippen molar-refractivity contribution in [1.82, 2.24) is 4.98 Å². The second-order valence-electron chi connectivity index (χ2n) is 5.30. The molecule has 106 valence electrons. The summed E-state index contributed by atoms with van der Waals surface area (Å²) in [5.74, 6) is 3.03. The van der Waals surface area contributed by atoms with Crippen molar-refractivity contribution in [3.8, 4) is 17.4 Å². The predicted molar refractivity (Wildman–Crippen MR) is 73.8 cm³/mol. The molecule has 6 heteroatoms. The number of benzene rings is 1. The first kappa shape index (κ1) is 12.1. The third-order valence-corrected chi connectivity index (χ3v) is 3.92. The van der Waals surface area contributed by atoms with E-state index in [0.29, 0.717) is 17.7 Å². The van der Waals surface area contributed by atoms with Gasteiger partial charge in [-0.15, -0.1) is 0 Å². The van der Waals surface area contributed by atoms with Crippen LogP contribution in [-0.4, -0.2) is 16.5 Å². The van der Waals surface area contributed by atoms with Crippen molar-refractivity contribution in [3.05, 3.63) is 52.2 Å². The Kier molecular flexibility index (Phi) is 2.57. The maximum Gasteiger partial charge on any atom is 0.287 e. The highest BCUT2D eigenvalue weighted by Gasteiger charge is 2.45. The Bertz CT molecular complexity index is 714. The van der Waals surface area contributed by atoms with E-state index in [0.717, 1.165) is 30.1 Å². The van der Waals surface area contributed by atoms with Crippen molar-refractivity contribution < 1.29 is 14.4 Å². The lowest BCUT2D eigenvalue weighted by Gasteiger charge is -2.19. The van der Waals surface area contributed by atoms with Crippen LogP contribution in [0.25, 0.3) is 0 Å². The van der Waals surface area contributed by atoms with Gasteiger partial charge in [-0.05, 0) is 24.5 Å². The van der Waals surface area contributed by atoms with Crippen LogP contribution >= 0.6 is 0 Å². The molecule has 1 aromatic heterocycles. The quantitative estimate of drug-likeness (QED) is 0.638. The van der Waals surface area contributed by atoms with Crippen molar-refractivity contribution in [3.63, 3.8) is 0 Å². The van der Waals surface area contributed by atoms with Crippen LogP contribution in [-0.2, 0) is 0 Å². The van der Waals surface area contributed by atoms with Crippen molar-refractivity contribution >= 4 is 5.69 Å². The van der Waals surface area contributed by atoms with Crippen molar-refractivity contribution in [2.45, 2.75) is 12.3 Å². The van der Waals surface area contributed by atoms with Gasteiger partial charge in [-0.1, -0.05) is 6.07 Å². The van der Waals surface area contributed by atoms with E-state index in [1.54, 1.807) is 0 Å². The summed E-state index contributed by atoms with van der Waals surface area (Å²) < 4.78 is 11.5. The fraction of sp³-hybridized carbons (Fsp3) is 0.267. The Morgan fingerprint density at radius 2 is 2.24 bits per heavy atom. The smallest absolute Gasteiger partial charge is 0.287 e. The summed E-state index contributed by atoms with van der Waals surface area (Å²) in [4.78, 5) is 14.1. The molecule has 6 nitrogen and oxygen atoms in total. The van der Waals surface area contributed by atoms with Gasteiger partial charge in [0.15, 0.2) is 0 Å². The van der Waals surface area contributed by atoms with Crippen LogP contribution in [0.2, 0.25) is 0 Å². The molecule has 2 unspecified atom stereocenters. The van der Waals surface area contributed by atoms with Crippen LogP contribution in [0.15, 0.2) is 36.5 Å². The molecule has 2 atom stereocenters. The summed E-state index contributed by atoms with van der Waals surface area (Å²) in [6.07, 6.45) is 2.32. The largest absolute Gasteiger partial charge is 0.493 e. The van der Waals surface area contributed by atoms with E-state index >= 15 is 0 Å². The number of nitro groups is 1. The molecule has 0 spiro atoms. The average Bonchev–Trinajstić information content (AvgIpc) is 3.27. The van der Waals surface area contributed by atoms with E-state index in [4.69, 9.17) is 9.47 Å². The molecule has 1 fully saturated rings. The lowest BCUT2D eigenvalue weighted by atomic mass is 10.0. The first-order valence-electron chi connectivity index (χ1n) is 6.76.